The second-order valence-electron chi connectivity index (χ2n) is 5.44. The molecule has 0 bridgehead atoms. The Balaban J connectivity index is 1.96. The number of nitrogens with one attached hydrogen (secondary N) is 1. The van der Waals surface area contributed by atoms with Crippen molar-refractivity contribution in [1.82, 2.24) is 0 Å². The van der Waals surface area contributed by atoms with Gasteiger partial charge in [-0.25, -0.2) is 0 Å². The first kappa shape index (κ1) is 16.2. The molecule has 0 radical (unpaired) electrons. The van der Waals surface area contributed by atoms with Gasteiger partial charge in [-0.05, 0) is 25.0 Å². The number of ether oxygens (including phenoxy) is 2. The Kier molecular flexibility index (Phi) is 5.18. The summed E-state index contributed by atoms with van der Waals surface area (Å²) in [5.41, 5.74) is 0.588. The maximum absolute atomic E-state index is 11.0. The average Bonchev–Trinajstić information content (AvgIpc) is 2.82. The zero-order chi connectivity index (χ0) is 15.5. The Labute approximate surface area is 132 Å². The standard InChI is InChI=1S/C14H19BrN2O4/c1-10(8-14(2)20-5-6-21-14)9-16-12-7-11(15)3-4-13(12)17(18)19/h3-4,7,10,16H,5-6,8-9H2,1-2H3. The minimum atomic E-state index is -0.537. The van der Waals surface area contributed by atoms with Gasteiger partial charge in [0.25, 0.3) is 5.69 Å². The van der Waals surface area contributed by atoms with Crippen molar-refractivity contribution in [3.63, 3.8) is 0 Å². The van der Waals surface area contributed by atoms with Crippen molar-refractivity contribution < 1.29 is 14.4 Å². The monoisotopic (exact) mass is 358 g/mol. The molecule has 1 fully saturated rings. The maximum atomic E-state index is 11.0. The molecule has 1 unspecified atom stereocenters. The van der Waals surface area contributed by atoms with Crippen LogP contribution in [0.25, 0.3) is 0 Å². The van der Waals surface area contributed by atoms with Gasteiger partial charge in [0.15, 0.2) is 5.79 Å². The molecule has 0 aliphatic carbocycles. The molecule has 6 nitrogen and oxygen atoms in total. The second-order valence-corrected chi connectivity index (χ2v) is 6.36. The van der Waals surface area contributed by atoms with Gasteiger partial charge < -0.3 is 14.8 Å². The smallest absolute Gasteiger partial charge is 0.292 e. The van der Waals surface area contributed by atoms with Crippen LogP contribution in [0.4, 0.5) is 11.4 Å². The quantitative estimate of drug-likeness (QED) is 0.621. The van der Waals surface area contributed by atoms with Gasteiger partial charge >= 0.3 is 0 Å². The third-order valence-electron chi connectivity index (χ3n) is 3.41. The molecule has 1 aliphatic heterocycles. The van der Waals surface area contributed by atoms with Gasteiger partial charge in [0.2, 0.25) is 0 Å². The summed E-state index contributed by atoms with van der Waals surface area (Å²) < 4.78 is 12.0. The molecule has 21 heavy (non-hydrogen) atoms. The summed E-state index contributed by atoms with van der Waals surface area (Å²) >= 11 is 3.33. The molecule has 0 spiro atoms. The lowest BCUT2D eigenvalue weighted by atomic mass is 10.0. The van der Waals surface area contributed by atoms with Gasteiger partial charge in [-0.2, -0.15) is 0 Å². The Morgan fingerprint density at radius 1 is 1.48 bits per heavy atom. The number of anilines is 1. The summed E-state index contributed by atoms with van der Waals surface area (Å²) in [5, 5.41) is 14.2. The summed E-state index contributed by atoms with van der Waals surface area (Å²) in [5.74, 6) is -0.281. The summed E-state index contributed by atoms with van der Waals surface area (Å²) in [7, 11) is 0. The van der Waals surface area contributed by atoms with Crippen LogP contribution in [0.5, 0.6) is 0 Å². The number of nitrogens with zero attached hydrogens (tertiary/aromatic N) is 1. The van der Waals surface area contributed by atoms with E-state index in [1.54, 1.807) is 12.1 Å². The van der Waals surface area contributed by atoms with Crippen LogP contribution in [-0.4, -0.2) is 30.5 Å². The summed E-state index contributed by atoms with van der Waals surface area (Å²) in [6.07, 6.45) is 0.738. The molecule has 1 aliphatic rings. The van der Waals surface area contributed by atoms with Crippen LogP contribution in [-0.2, 0) is 9.47 Å². The molecule has 0 saturated carbocycles. The minimum Gasteiger partial charge on any atom is -0.379 e. The zero-order valence-corrected chi connectivity index (χ0v) is 13.7. The highest BCUT2D eigenvalue weighted by Crippen LogP contribution is 2.30. The van der Waals surface area contributed by atoms with Crippen molar-refractivity contribution in [1.29, 1.82) is 0 Å². The van der Waals surface area contributed by atoms with Crippen LogP contribution in [0, 0.1) is 16.0 Å². The van der Waals surface area contributed by atoms with Crippen LogP contribution in [0.15, 0.2) is 22.7 Å². The fourth-order valence-corrected chi connectivity index (χ4v) is 2.83. The molecule has 0 aromatic heterocycles. The molecule has 116 valence electrons. The Morgan fingerprint density at radius 2 is 2.14 bits per heavy atom. The van der Waals surface area contributed by atoms with Crippen molar-refractivity contribution in [2.24, 2.45) is 5.92 Å². The lowest BCUT2D eigenvalue weighted by Gasteiger charge is -2.26. The average molecular weight is 359 g/mol. The number of nitro groups is 1. The van der Waals surface area contributed by atoms with E-state index in [-0.39, 0.29) is 16.5 Å². The van der Waals surface area contributed by atoms with Crippen LogP contribution < -0.4 is 5.32 Å². The van der Waals surface area contributed by atoms with Crippen molar-refractivity contribution >= 4 is 27.3 Å². The highest BCUT2D eigenvalue weighted by atomic mass is 79.9. The number of hydrogen-bond acceptors (Lipinski definition) is 5. The van der Waals surface area contributed by atoms with Crippen molar-refractivity contribution in [3.05, 3.63) is 32.8 Å². The molecule has 7 heteroatoms. The minimum absolute atomic E-state index is 0.0741. The highest BCUT2D eigenvalue weighted by Gasteiger charge is 2.32. The molecular weight excluding hydrogens is 340 g/mol. The van der Waals surface area contributed by atoms with E-state index in [1.165, 1.54) is 6.07 Å². The van der Waals surface area contributed by atoms with Crippen LogP contribution in [0.2, 0.25) is 0 Å². The molecule has 1 atom stereocenters. The van der Waals surface area contributed by atoms with Gasteiger partial charge in [0, 0.05) is 23.5 Å². The van der Waals surface area contributed by atoms with E-state index in [0.29, 0.717) is 25.4 Å². The van der Waals surface area contributed by atoms with E-state index in [1.807, 2.05) is 6.92 Å². The SMILES string of the molecule is CC(CNc1cc(Br)ccc1[N+](=O)[O-])CC1(C)OCCO1. The Hall–Kier alpha value is -1.18. The van der Waals surface area contributed by atoms with Crippen molar-refractivity contribution in [2.45, 2.75) is 26.1 Å². The van der Waals surface area contributed by atoms with E-state index < -0.39 is 5.79 Å². The predicted molar refractivity (Wildman–Crippen MR) is 83.4 cm³/mol. The third kappa shape index (κ3) is 4.39. The summed E-state index contributed by atoms with van der Waals surface area (Å²) in [4.78, 5) is 10.6. The van der Waals surface area contributed by atoms with Crippen LogP contribution in [0.1, 0.15) is 20.3 Å². The van der Waals surface area contributed by atoms with Crippen molar-refractivity contribution in [2.75, 3.05) is 25.1 Å². The van der Waals surface area contributed by atoms with Gasteiger partial charge in [-0.15, -0.1) is 0 Å². The number of benzene rings is 1. The molecule has 1 N–H and O–H groups in total. The van der Waals surface area contributed by atoms with Crippen LogP contribution in [0.3, 0.4) is 0 Å². The maximum Gasteiger partial charge on any atom is 0.292 e. The van der Waals surface area contributed by atoms with Crippen LogP contribution >= 0.6 is 15.9 Å². The Bertz CT molecular complexity index is 518. The topological polar surface area (TPSA) is 73.6 Å². The summed E-state index contributed by atoms with van der Waals surface area (Å²) in [6, 6.07) is 4.87. The second kappa shape index (κ2) is 6.72. The lowest BCUT2D eigenvalue weighted by Crippen LogP contribution is -2.30. The molecule has 0 amide bonds. The number of halogens is 1. The Morgan fingerprint density at radius 3 is 2.76 bits per heavy atom. The molecule has 2 rings (SSSR count). The first-order valence-electron chi connectivity index (χ1n) is 6.85. The number of rotatable bonds is 6. The normalized spacial score (nSPS) is 18.4. The third-order valence-corrected chi connectivity index (χ3v) is 3.91. The van der Waals surface area contributed by atoms with Gasteiger partial charge in [-0.1, -0.05) is 22.9 Å². The van der Waals surface area contributed by atoms with Gasteiger partial charge in [-0.3, -0.25) is 10.1 Å². The van der Waals surface area contributed by atoms with Gasteiger partial charge in [0.05, 0.1) is 18.1 Å². The molecule has 1 aromatic carbocycles. The first-order valence-corrected chi connectivity index (χ1v) is 7.65. The zero-order valence-electron chi connectivity index (χ0n) is 12.1. The number of nitro benzene ring substituents is 1. The van der Waals surface area contributed by atoms with E-state index in [0.717, 1.165) is 10.9 Å². The fourth-order valence-electron chi connectivity index (χ4n) is 2.47. The molecule has 1 heterocycles. The van der Waals surface area contributed by atoms with E-state index in [4.69, 9.17) is 9.47 Å². The van der Waals surface area contributed by atoms with E-state index in [2.05, 4.69) is 28.2 Å². The van der Waals surface area contributed by atoms with Gasteiger partial charge in [0.1, 0.15) is 5.69 Å². The molecule has 1 saturated heterocycles. The highest BCUT2D eigenvalue weighted by molar-refractivity contribution is 9.10. The lowest BCUT2D eigenvalue weighted by molar-refractivity contribution is -0.384. The molecule has 1 aromatic rings. The summed E-state index contributed by atoms with van der Waals surface area (Å²) in [6.45, 7) is 5.84. The first-order chi connectivity index (χ1) is 9.89. The largest absolute Gasteiger partial charge is 0.379 e. The number of hydrogen-bond donors (Lipinski definition) is 1. The predicted octanol–water partition coefficient (Wildman–Crippen LogP) is 3.56. The van der Waals surface area contributed by atoms with Crippen molar-refractivity contribution in [3.8, 4) is 0 Å². The molecular formula is C14H19BrN2O4. The fraction of sp³-hybridized carbons (Fsp3) is 0.571. The van der Waals surface area contributed by atoms with E-state index >= 15 is 0 Å². The van der Waals surface area contributed by atoms with E-state index in [9.17, 15) is 10.1 Å².